The number of hydrogen-bond acceptors (Lipinski definition) is 3. The predicted octanol–water partition coefficient (Wildman–Crippen LogP) is 3.57. The van der Waals surface area contributed by atoms with Gasteiger partial charge in [0.15, 0.2) is 5.13 Å². The van der Waals surface area contributed by atoms with Crippen LogP contribution in [0.15, 0.2) is 42.5 Å². The van der Waals surface area contributed by atoms with Gasteiger partial charge in [-0.1, -0.05) is 24.3 Å². The normalized spacial score (nSPS) is 11.3. The Bertz CT molecular complexity index is 935. The van der Waals surface area contributed by atoms with E-state index in [1.54, 1.807) is 4.90 Å². The number of nitrogens with zero attached hydrogens (tertiary/aromatic N) is 2. The molecule has 0 saturated carbocycles. The van der Waals surface area contributed by atoms with Gasteiger partial charge in [0.2, 0.25) is 0 Å². The van der Waals surface area contributed by atoms with Gasteiger partial charge in [0.1, 0.15) is 5.82 Å². The lowest BCUT2D eigenvalue weighted by atomic mass is 10.2. The molecule has 0 aliphatic heterocycles. The number of rotatable bonds is 8. The third kappa shape index (κ3) is 4.56. The van der Waals surface area contributed by atoms with Crippen LogP contribution in [-0.4, -0.2) is 37.1 Å². The highest BCUT2D eigenvalue weighted by atomic mass is 32.1. The highest BCUT2D eigenvalue weighted by Gasteiger charge is 2.23. The number of benzene rings is 2. The van der Waals surface area contributed by atoms with Gasteiger partial charge in [-0.05, 0) is 62.2 Å². The van der Waals surface area contributed by atoms with Crippen LogP contribution in [0.4, 0.5) is 9.52 Å². The molecule has 0 spiro atoms. The number of aryl methyl sites for hydroxylation is 1. The average Bonchev–Trinajstić information content (AvgIpc) is 3.14. The summed E-state index contributed by atoms with van der Waals surface area (Å²) in [6, 6.07) is 12.0. The molecule has 0 fully saturated rings. The van der Waals surface area contributed by atoms with Crippen molar-refractivity contribution in [2.75, 3.05) is 31.1 Å². The van der Waals surface area contributed by atoms with Gasteiger partial charge in [0, 0.05) is 5.56 Å². The number of carbonyl (C=O) groups excluding carboxylic acids is 1. The summed E-state index contributed by atoms with van der Waals surface area (Å²) in [4.78, 5) is 21.1. The number of thiazole rings is 1. The van der Waals surface area contributed by atoms with Crippen molar-refractivity contribution in [3.05, 3.63) is 59.4 Å². The van der Waals surface area contributed by atoms with Crippen LogP contribution in [0.1, 0.15) is 36.7 Å². The van der Waals surface area contributed by atoms with E-state index in [2.05, 4.69) is 32.9 Å². The fourth-order valence-corrected chi connectivity index (χ4v) is 4.25. The zero-order valence-corrected chi connectivity index (χ0v) is 17.5. The molecule has 1 heterocycles. The summed E-state index contributed by atoms with van der Waals surface area (Å²) in [5.41, 5.74) is 2.64. The number of halogens is 1. The number of anilines is 1. The van der Waals surface area contributed by atoms with Gasteiger partial charge >= 0.3 is 0 Å². The minimum atomic E-state index is -0.345. The molecule has 28 heavy (non-hydrogen) atoms. The number of amides is 1. The van der Waals surface area contributed by atoms with Crippen LogP contribution < -0.4 is 9.80 Å². The van der Waals surface area contributed by atoms with Gasteiger partial charge in [-0.3, -0.25) is 9.69 Å². The van der Waals surface area contributed by atoms with E-state index in [0.29, 0.717) is 17.2 Å². The highest BCUT2D eigenvalue weighted by molar-refractivity contribution is 7.22. The summed E-state index contributed by atoms with van der Waals surface area (Å²) in [6.07, 6.45) is 0.965. The minimum absolute atomic E-state index is 0.138. The lowest BCUT2D eigenvalue weighted by Crippen LogP contribution is -3.12. The summed E-state index contributed by atoms with van der Waals surface area (Å²) in [6.45, 7) is 9.86. The lowest BCUT2D eigenvalue weighted by Gasteiger charge is -2.23. The molecule has 0 radical (unpaired) electrons. The second kappa shape index (κ2) is 9.26. The summed E-state index contributed by atoms with van der Waals surface area (Å²) >= 11 is 1.54. The molecule has 0 aliphatic carbocycles. The Kier molecular flexibility index (Phi) is 6.75. The van der Waals surface area contributed by atoms with Crippen molar-refractivity contribution >= 4 is 32.6 Å². The molecular formula is C22H27FN3OS+. The summed E-state index contributed by atoms with van der Waals surface area (Å²) in [7, 11) is 0. The molecule has 0 aliphatic rings. The molecule has 148 valence electrons. The maximum Gasteiger partial charge on any atom is 0.260 e. The number of quaternary nitrogens is 1. The zero-order chi connectivity index (χ0) is 20.1. The van der Waals surface area contributed by atoms with Crippen molar-refractivity contribution in [3.63, 3.8) is 0 Å². The molecule has 3 aromatic rings. The zero-order valence-electron chi connectivity index (χ0n) is 16.7. The van der Waals surface area contributed by atoms with E-state index in [4.69, 9.17) is 4.98 Å². The van der Waals surface area contributed by atoms with Crippen LogP contribution in [0, 0.1) is 5.82 Å². The molecule has 1 amide bonds. The molecule has 1 N–H and O–H groups in total. The van der Waals surface area contributed by atoms with Crippen LogP contribution in [0.2, 0.25) is 0 Å². The number of likely N-dealkylation sites (N-methyl/N-ethyl adjacent to an activating group) is 1. The van der Waals surface area contributed by atoms with E-state index in [0.717, 1.165) is 36.3 Å². The van der Waals surface area contributed by atoms with Crippen molar-refractivity contribution in [2.24, 2.45) is 0 Å². The van der Waals surface area contributed by atoms with Gasteiger partial charge in [0.05, 0.1) is 36.4 Å². The molecule has 3 rings (SSSR count). The van der Waals surface area contributed by atoms with Crippen molar-refractivity contribution in [3.8, 4) is 0 Å². The summed E-state index contributed by atoms with van der Waals surface area (Å²) < 4.78 is 14.4. The Morgan fingerprint density at radius 1 is 1.11 bits per heavy atom. The molecule has 0 saturated heterocycles. The Morgan fingerprint density at radius 3 is 2.46 bits per heavy atom. The standard InChI is InChI=1S/C22H26FN3OS/c1-4-16-7-12-19-20(15-16)28-22(24-19)26(14-13-25(5-2)6-3)21(27)17-8-10-18(23)11-9-17/h7-12,15H,4-6,13-14H2,1-3H3/p+1. The molecule has 1 aromatic heterocycles. The Labute approximate surface area is 169 Å². The molecule has 6 heteroatoms. The van der Waals surface area contributed by atoms with Crippen LogP contribution in [0.25, 0.3) is 10.2 Å². The fraction of sp³-hybridized carbons (Fsp3) is 0.364. The van der Waals surface area contributed by atoms with Gasteiger partial charge in [-0.25, -0.2) is 9.37 Å². The third-order valence-electron chi connectivity index (χ3n) is 5.11. The fourth-order valence-electron chi connectivity index (χ4n) is 3.20. The lowest BCUT2D eigenvalue weighted by molar-refractivity contribution is -0.894. The molecular weight excluding hydrogens is 373 g/mol. The van der Waals surface area contributed by atoms with Crippen molar-refractivity contribution in [1.82, 2.24) is 4.98 Å². The smallest absolute Gasteiger partial charge is 0.260 e. The van der Waals surface area contributed by atoms with E-state index in [9.17, 15) is 9.18 Å². The minimum Gasteiger partial charge on any atom is -0.334 e. The molecule has 0 bridgehead atoms. The first-order valence-corrected chi connectivity index (χ1v) is 10.7. The van der Waals surface area contributed by atoms with Crippen LogP contribution in [0.5, 0.6) is 0 Å². The molecule has 0 atom stereocenters. The highest BCUT2D eigenvalue weighted by Crippen LogP contribution is 2.30. The quantitative estimate of drug-likeness (QED) is 0.628. The summed E-state index contributed by atoms with van der Waals surface area (Å²) in [5, 5.41) is 0.698. The largest absolute Gasteiger partial charge is 0.334 e. The Morgan fingerprint density at radius 2 is 1.82 bits per heavy atom. The first kappa shape index (κ1) is 20.4. The number of aromatic nitrogens is 1. The second-order valence-corrected chi connectivity index (χ2v) is 7.83. The first-order chi connectivity index (χ1) is 13.5. The maximum absolute atomic E-state index is 13.3. The third-order valence-corrected chi connectivity index (χ3v) is 6.15. The average molecular weight is 401 g/mol. The Balaban J connectivity index is 1.94. The topological polar surface area (TPSA) is 37.6 Å². The SMILES string of the molecule is CCc1ccc2nc(N(CC[NH+](CC)CC)C(=O)c3ccc(F)cc3)sc2c1. The van der Waals surface area contributed by atoms with E-state index in [1.165, 1.54) is 46.1 Å². The van der Waals surface area contributed by atoms with Crippen LogP contribution >= 0.6 is 11.3 Å². The molecule has 0 unspecified atom stereocenters. The summed E-state index contributed by atoms with van der Waals surface area (Å²) in [5.74, 6) is -0.482. The van der Waals surface area contributed by atoms with E-state index >= 15 is 0 Å². The van der Waals surface area contributed by atoms with Crippen LogP contribution in [0.3, 0.4) is 0 Å². The van der Waals surface area contributed by atoms with Gasteiger partial charge < -0.3 is 4.90 Å². The van der Waals surface area contributed by atoms with Crippen molar-refractivity contribution in [1.29, 1.82) is 0 Å². The second-order valence-electron chi connectivity index (χ2n) is 6.82. The van der Waals surface area contributed by atoms with E-state index in [1.807, 2.05) is 6.07 Å². The number of fused-ring (bicyclic) bond motifs is 1. The van der Waals surface area contributed by atoms with E-state index < -0.39 is 0 Å². The molecule has 4 nitrogen and oxygen atoms in total. The number of nitrogens with one attached hydrogen (secondary N) is 1. The Hall–Kier alpha value is -2.31. The number of carbonyl (C=O) groups is 1. The monoisotopic (exact) mass is 400 g/mol. The first-order valence-electron chi connectivity index (χ1n) is 9.86. The van der Waals surface area contributed by atoms with Gasteiger partial charge in [-0.2, -0.15) is 0 Å². The van der Waals surface area contributed by atoms with Crippen LogP contribution in [-0.2, 0) is 6.42 Å². The predicted molar refractivity (Wildman–Crippen MR) is 114 cm³/mol. The maximum atomic E-state index is 13.3. The van der Waals surface area contributed by atoms with Crippen molar-refractivity contribution in [2.45, 2.75) is 27.2 Å². The van der Waals surface area contributed by atoms with E-state index in [-0.39, 0.29) is 11.7 Å². The van der Waals surface area contributed by atoms with Gasteiger partial charge in [0.25, 0.3) is 5.91 Å². The van der Waals surface area contributed by atoms with Crippen molar-refractivity contribution < 1.29 is 14.1 Å². The number of hydrogen-bond donors (Lipinski definition) is 1. The molecule has 2 aromatic carbocycles. The van der Waals surface area contributed by atoms with Gasteiger partial charge in [-0.15, -0.1) is 0 Å².